The number of hydrogen-bond acceptors (Lipinski definition) is 4. The third-order valence-corrected chi connectivity index (χ3v) is 7.59. The van der Waals surface area contributed by atoms with Gasteiger partial charge < -0.3 is 9.80 Å². The van der Waals surface area contributed by atoms with Crippen molar-refractivity contribution < 1.29 is 13.2 Å². The topological polar surface area (TPSA) is 83.7 Å². The van der Waals surface area contributed by atoms with Crippen molar-refractivity contribution in [2.45, 2.75) is 30.2 Å². The monoisotopic (exact) mass is 461 g/mol. The van der Waals surface area contributed by atoms with Crippen molar-refractivity contribution in [3.05, 3.63) is 95.1 Å². The van der Waals surface area contributed by atoms with Gasteiger partial charge in [-0.1, -0.05) is 60.7 Å². The molecule has 2 aliphatic rings. The molecule has 0 aromatic heterocycles. The maximum Gasteiger partial charge on any atom is 0.242 e. The summed E-state index contributed by atoms with van der Waals surface area (Å²) in [6, 6.07) is 23.6. The van der Waals surface area contributed by atoms with E-state index >= 15 is 0 Å². The van der Waals surface area contributed by atoms with Crippen LogP contribution in [0.25, 0.3) is 0 Å². The number of rotatable bonds is 4. The molecule has 170 valence electrons. The molecule has 0 saturated carbocycles. The lowest BCUT2D eigenvalue weighted by atomic mass is 9.84. The number of carbonyl (C=O) groups is 1. The van der Waals surface area contributed by atoms with Gasteiger partial charge in [-0.2, -0.15) is 0 Å². The van der Waals surface area contributed by atoms with Crippen molar-refractivity contribution in [2.75, 3.05) is 24.5 Å². The van der Waals surface area contributed by atoms with Gasteiger partial charge >= 0.3 is 0 Å². The maximum atomic E-state index is 13.5. The summed E-state index contributed by atoms with van der Waals surface area (Å²) in [5, 5.41) is 5.35. The number of amides is 1. The van der Waals surface area contributed by atoms with Gasteiger partial charge in [-0.15, -0.1) is 0 Å². The van der Waals surface area contributed by atoms with Gasteiger partial charge in [-0.25, -0.2) is 13.6 Å². The van der Waals surface area contributed by atoms with Crippen LogP contribution in [0.2, 0.25) is 0 Å². The minimum absolute atomic E-state index is 0.0410. The summed E-state index contributed by atoms with van der Waals surface area (Å²) in [5.74, 6) is 0.169. The Morgan fingerprint density at radius 3 is 2.52 bits per heavy atom. The second-order valence-electron chi connectivity index (χ2n) is 8.80. The van der Waals surface area contributed by atoms with Gasteiger partial charge in [0, 0.05) is 31.2 Å². The van der Waals surface area contributed by atoms with E-state index < -0.39 is 10.0 Å². The van der Waals surface area contributed by atoms with Crippen LogP contribution in [0.1, 0.15) is 34.6 Å². The van der Waals surface area contributed by atoms with Crippen LogP contribution < -0.4 is 10.0 Å². The summed E-state index contributed by atoms with van der Waals surface area (Å²) in [5.41, 5.74) is 5.48. The van der Waals surface area contributed by atoms with Gasteiger partial charge in [0.2, 0.25) is 15.9 Å². The normalized spacial score (nSPS) is 17.9. The molecule has 5 rings (SSSR count). The predicted octanol–water partition coefficient (Wildman–Crippen LogP) is 3.26. The molecule has 0 fully saturated rings. The largest absolute Gasteiger partial charge is 0.362 e. The smallest absolute Gasteiger partial charge is 0.242 e. The third kappa shape index (κ3) is 4.38. The Labute approximate surface area is 194 Å². The van der Waals surface area contributed by atoms with Gasteiger partial charge in [-0.05, 0) is 47.2 Å². The number of aryl methyl sites for hydroxylation is 1. The minimum Gasteiger partial charge on any atom is -0.362 e. The Hall–Kier alpha value is -3.16. The summed E-state index contributed by atoms with van der Waals surface area (Å²) in [6.45, 7) is 2.12. The van der Waals surface area contributed by atoms with E-state index in [0.29, 0.717) is 19.6 Å². The van der Waals surface area contributed by atoms with E-state index in [2.05, 4.69) is 30.3 Å². The number of benzene rings is 3. The molecule has 2 N–H and O–H groups in total. The molecule has 1 atom stereocenters. The fourth-order valence-electron chi connectivity index (χ4n) is 5.00. The van der Waals surface area contributed by atoms with Crippen molar-refractivity contribution >= 4 is 21.6 Å². The molecule has 0 aliphatic carbocycles. The molecule has 7 heteroatoms. The van der Waals surface area contributed by atoms with Crippen LogP contribution in [0.3, 0.4) is 0 Å². The molecule has 0 spiro atoms. The molecule has 0 radical (unpaired) electrons. The Kier molecular flexibility index (Phi) is 5.68. The Balaban J connectivity index is 1.41. The summed E-state index contributed by atoms with van der Waals surface area (Å²) >= 11 is 0. The summed E-state index contributed by atoms with van der Waals surface area (Å²) < 4.78 is 23.7. The van der Waals surface area contributed by atoms with E-state index in [4.69, 9.17) is 5.14 Å². The third-order valence-electron chi connectivity index (χ3n) is 6.68. The molecule has 1 unspecified atom stereocenters. The number of carbonyl (C=O) groups excluding carboxylic acids is 1. The Bertz CT molecular complexity index is 1290. The first-order valence-corrected chi connectivity index (χ1v) is 12.8. The van der Waals surface area contributed by atoms with Crippen LogP contribution in [0.4, 0.5) is 5.69 Å². The predicted molar refractivity (Wildman–Crippen MR) is 128 cm³/mol. The van der Waals surface area contributed by atoms with Gasteiger partial charge in [0.15, 0.2) is 0 Å². The zero-order valence-electron chi connectivity index (χ0n) is 18.4. The van der Waals surface area contributed by atoms with Gasteiger partial charge in [0.1, 0.15) is 0 Å². The zero-order chi connectivity index (χ0) is 23.0. The first-order chi connectivity index (χ1) is 15.9. The van der Waals surface area contributed by atoms with E-state index in [1.54, 1.807) is 12.1 Å². The van der Waals surface area contributed by atoms with Crippen molar-refractivity contribution in [1.82, 2.24) is 4.90 Å². The maximum absolute atomic E-state index is 13.5. The van der Waals surface area contributed by atoms with Crippen molar-refractivity contribution in [2.24, 2.45) is 5.14 Å². The van der Waals surface area contributed by atoms with Gasteiger partial charge in [0.25, 0.3) is 0 Å². The molecule has 2 aliphatic heterocycles. The number of nitrogens with zero attached hydrogens (tertiary/aromatic N) is 2. The van der Waals surface area contributed by atoms with Crippen LogP contribution in [-0.2, 0) is 27.8 Å². The van der Waals surface area contributed by atoms with Gasteiger partial charge in [0.05, 0.1) is 11.4 Å². The quantitative estimate of drug-likeness (QED) is 0.646. The highest BCUT2D eigenvalue weighted by molar-refractivity contribution is 7.89. The average Bonchev–Trinajstić information content (AvgIpc) is 2.83. The lowest BCUT2D eigenvalue weighted by Gasteiger charge is -2.37. The number of fused-ring (bicyclic) bond motifs is 2. The van der Waals surface area contributed by atoms with Crippen LogP contribution in [-0.4, -0.2) is 38.9 Å². The van der Waals surface area contributed by atoms with Gasteiger partial charge in [-0.3, -0.25) is 4.79 Å². The van der Waals surface area contributed by atoms with Crippen LogP contribution >= 0.6 is 0 Å². The van der Waals surface area contributed by atoms with E-state index in [-0.39, 0.29) is 23.3 Å². The number of sulfonamides is 1. The summed E-state index contributed by atoms with van der Waals surface area (Å²) in [6.07, 6.45) is 1.78. The minimum atomic E-state index is -3.80. The Morgan fingerprint density at radius 2 is 1.73 bits per heavy atom. The second kappa shape index (κ2) is 8.65. The van der Waals surface area contributed by atoms with E-state index in [0.717, 1.165) is 24.1 Å². The lowest BCUT2D eigenvalue weighted by molar-refractivity contribution is -0.130. The summed E-state index contributed by atoms with van der Waals surface area (Å²) in [4.78, 5) is 17.5. The number of hydrogen-bond donors (Lipinski definition) is 1. The lowest BCUT2D eigenvalue weighted by Crippen LogP contribution is -2.45. The first kappa shape index (κ1) is 21.7. The molecular weight excluding hydrogens is 434 g/mol. The molecule has 6 nitrogen and oxygen atoms in total. The van der Waals surface area contributed by atoms with Crippen LogP contribution in [0, 0.1) is 0 Å². The molecule has 0 bridgehead atoms. The van der Waals surface area contributed by atoms with Crippen LogP contribution in [0.15, 0.2) is 77.7 Å². The van der Waals surface area contributed by atoms with E-state index in [1.807, 2.05) is 40.1 Å². The van der Waals surface area contributed by atoms with Crippen molar-refractivity contribution in [3.63, 3.8) is 0 Å². The van der Waals surface area contributed by atoms with E-state index in [1.165, 1.54) is 16.7 Å². The summed E-state index contributed by atoms with van der Waals surface area (Å²) in [7, 11) is -3.80. The second-order valence-corrected chi connectivity index (χ2v) is 10.4. The van der Waals surface area contributed by atoms with Crippen LogP contribution in [0.5, 0.6) is 0 Å². The molecule has 1 amide bonds. The molecular formula is C26H27N3O3S. The average molecular weight is 462 g/mol. The molecule has 0 saturated heterocycles. The highest BCUT2D eigenvalue weighted by Crippen LogP contribution is 2.34. The number of nitrogens with two attached hydrogens (primary N) is 1. The molecule has 3 aromatic carbocycles. The fourth-order valence-corrected chi connectivity index (χ4v) is 5.54. The molecule has 33 heavy (non-hydrogen) atoms. The highest BCUT2D eigenvalue weighted by atomic mass is 32.2. The first-order valence-electron chi connectivity index (χ1n) is 11.2. The zero-order valence-corrected chi connectivity index (χ0v) is 19.2. The fraction of sp³-hybridized carbons (Fsp3) is 0.269. The van der Waals surface area contributed by atoms with Crippen molar-refractivity contribution in [1.29, 1.82) is 0 Å². The van der Waals surface area contributed by atoms with Crippen molar-refractivity contribution in [3.8, 4) is 0 Å². The SMILES string of the molecule is NS(=O)(=O)c1ccc2c(c1)N(CC(=O)N1Cc3ccccc3C(c3ccccc3)C1)CCC2. The number of anilines is 1. The molecule has 2 heterocycles. The highest BCUT2D eigenvalue weighted by Gasteiger charge is 2.30. The Morgan fingerprint density at radius 1 is 0.970 bits per heavy atom. The standard InChI is InChI=1S/C26H27N3O3S/c27-33(31,32)22-13-12-20-10-6-14-28(25(20)15-22)18-26(30)29-16-21-9-4-5-11-23(21)24(17-29)19-7-2-1-3-8-19/h1-5,7-9,11-13,15,24H,6,10,14,16-18H2,(H2,27,31,32). The molecule has 3 aromatic rings. The van der Waals surface area contributed by atoms with E-state index in [9.17, 15) is 13.2 Å². The number of primary sulfonamides is 1.